The van der Waals surface area contributed by atoms with Crippen LogP contribution in [0.15, 0.2) is 36.5 Å². The van der Waals surface area contributed by atoms with E-state index in [4.69, 9.17) is 4.74 Å². The molecule has 0 unspecified atom stereocenters. The Bertz CT molecular complexity index is 637. The van der Waals surface area contributed by atoms with Gasteiger partial charge < -0.3 is 4.74 Å². The van der Waals surface area contributed by atoms with E-state index in [1.807, 2.05) is 12.1 Å². The summed E-state index contributed by atoms with van der Waals surface area (Å²) in [5, 5.41) is 0. The molecule has 2 aromatic rings. The normalized spacial score (nSPS) is 12.8. The van der Waals surface area contributed by atoms with E-state index in [9.17, 15) is 9.18 Å². The third-order valence-corrected chi connectivity index (χ3v) is 3.41. The van der Waals surface area contributed by atoms with Crippen molar-refractivity contribution in [2.45, 2.75) is 19.3 Å². The van der Waals surface area contributed by atoms with Gasteiger partial charge in [0.1, 0.15) is 17.3 Å². The largest absolute Gasteiger partial charge is 0.493 e. The fourth-order valence-corrected chi connectivity index (χ4v) is 2.32. The standard InChI is InChI=1S/C16H14FNO2/c17-13-3-4-14(18-10-13)15(19)5-1-11-2-6-16-12(9-11)7-8-20-16/h2-4,6,9-10H,1,5,7-8H2. The Balaban J connectivity index is 1.64. The molecule has 0 fully saturated rings. The molecule has 3 nitrogen and oxygen atoms in total. The van der Waals surface area contributed by atoms with Crippen LogP contribution in [0.5, 0.6) is 5.75 Å². The number of aryl methyl sites for hydroxylation is 1. The maximum absolute atomic E-state index is 12.7. The van der Waals surface area contributed by atoms with Gasteiger partial charge in [0, 0.05) is 12.8 Å². The average molecular weight is 271 g/mol. The average Bonchev–Trinajstić information content (AvgIpc) is 2.93. The Morgan fingerprint density at radius 2 is 2.20 bits per heavy atom. The van der Waals surface area contributed by atoms with Gasteiger partial charge in [-0.25, -0.2) is 4.39 Å². The van der Waals surface area contributed by atoms with Gasteiger partial charge >= 0.3 is 0 Å². The van der Waals surface area contributed by atoms with Gasteiger partial charge in [-0.2, -0.15) is 0 Å². The molecule has 1 aromatic carbocycles. The number of ether oxygens (including phenoxy) is 1. The summed E-state index contributed by atoms with van der Waals surface area (Å²) < 4.78 is 18.2. The van der Waals surface area contributed by atoms with Crippen molar-refractivity contribution in [3.63, 3.8) is 0 Å². The lowest BCUT2D eigenvalue weighted by Gasteiger charge is -2.04. The molecular weight excluding hydrogens is 257 g/mol. The SMILES string of the molecule is O=C(CCc1ccc2c(c1)CCO2)c1ccc(F)cn1. The number of Topliss-reactive ketones (excluding diaryl/α,β-unsaturated/α-hetero) is 1. The lowest BCUT2D eigenvalue weighted by molar-refractivity contribution is 0.0978. The van der Waals surface area contributed by atoms with Crippen LogP contribution in [0, 0.1) is 5.82 Å². The van der Waals surface area contributed by atoms with Gasteiger partial charge in [0.05, 0.1) is 12.8 Å². The molecule has 0 amide bonds. The summed E-state index contributed by atoms with van der Waals surface area (Å²) in [5.74, 6) is 0.446. The van der Waals surface area contributed by atoms with E-state index in [1.165, 1.54) is 17.7 Å². The molecular formula is C16H14FNO2. The summed E-state index contributed by atoms with van der Waals surface area (Å²) in [6.45, 7) is 0.733. The first-order chi connectivity index (χ1) is 9.72. The second-order valence-electron chi connectivity index (χ2n) is 4.83. The van der Waals surface area contributed by atoms with Gasteiger partial charge in [-0.3, -0.25) is 9.78 Å². The highest BCUT2D eigenvalue weighted by Gasteiger charge is 2.13. The zero-order chi connectivity index (χ0) is 13.9. The van der Waals surface area contributed by atoms with E-state index in [2.05, 4.69) is 11.1 Å². The van der Waals surface area contributed by atoms with Crippen LogP contribution in [0.25, 0.3) is 0 Å². The van der Waals surface area contributed by atoms with Crippen LogP contribution in [0.3, 0.4) is 0 Å². The first-order valence-corrected chi connectivity index (χ1v) is 6.62. The molecule has 1 aliphatic heterocycles. The number of hydrogen-bond acceptors (Lipinski definition) is 3. The minimum Gasteiger partial charge on any atom is -0.493 e. The van der Waals surface area contributed by atoms with Crippen LogP contribution in [-0.2, 0) is 12.8 Å². The highest BCUT2D eigenvalue weighted by atomic mass is 19.1. The number of carbonyl (C=O) groups is 1. The Morgan fingerprint density at radius 3 is 3.00 bits per heavy atom. The quantitative estimate of drug-likeness (QED) is 0.802. The number of carbonyl (C=O) groups excluding carboxylic acids is 1. The van der Waals surface area contributed by atoms with Crippen LogP contribution in [0.4, 0.5) is 4.39 Å². The molecule has 4 heteroatoms. The molecule has 0 aliphatic carbocycles. The Kier molecular flexibility index (Phi) is 3.46. The summed E-state index contributed by atoms with van der Waals surface area (Å²) >= 11 is 0. The number of benzene rings is 1. The Morgan fingerprint density at radius 1 is 1.30 bits per heavy atom. The summed E-state index contributed by atoms with van der Waals surface area (Å²) in [5.41, 5.74) is 2.63. The van der Waals surface area contributed by atoms with Crippen molar-refractivity contribution in [3.8, 4) is 5.75 Å². The molecule has 1 aromatic heterocycles. The Hall–Kier alpha value is -2.23. The minimum absolute atomic E-state index is 0.0678. The molecule has 3 rings (SSSR count). The van der Waals surface area contributed by atoms with Crippen molar-refractivity contribution in [3.05, 3.63) is 59.2 Å². The Labute approximate surface area is 116 Å². The number of hydrogen-bond donors (Lipinski definition) is 0. The van der Waals surface area contributed by atoms with E-state index in [-0.39, 0.29) is 5.78 Å². The van der Waals surface area contributed by atoms with Gasteiger partial charge in [0.25, 0.3) is 0 Å². The summed E-state index contributed by atoms with van der Waals surface area (Å²) in [4.78, 5) is 15.8. The van der Waals surface area contributed by atoms with Crippen molar-refractivity contribution in [1.82, 2.24) is 4.98 Å². The third-order valence-electron chi connectivity index (χ3n) is 3.41. The number of fused-ring (bicyclic) bond motifs is 1. The van der Waals surface area contributed by atoms with Gasteiger partial charge in [0.15, 0.2) is 5.78 Å². The molecule has 0 saturated heterocycles. The van der Waals surface area contributed by atoms with E-state index < -0.39 is 5.82 Å². The number of nitrogens with zero attached hydrogens (tertiary/aromatic N) is 1. The number of rotatable bonds is 4. The second-order valence-corrected chi connectivity index (χ2v) is 4.83. The van der Waals surface area contributed by atoms with Crippen LogP contribution >= 0.6 is 0 Å². The molecule has 102 valence electrons. The molecule has 0 atom stereocenters. The number of ketones is 1. The first kappa shape index (κ1) is 12.8. The van der Waals surface area contributed by atoms with Crippen LogP contribution in [0.2, 0.25) is 0 Å². The lowest BCUT2D eigenvalue weighted by atomic mass is 10.0. The molecule has 2 heterocycles. The second kappa shape index (κ2) is 5.41. The zero-order valence-corrected chi connectivity index (χ0v) is 10.9. The van der Waals surface area contributed by atoms with Gasteiger partial charge in [-0.05, 0) is 35.7 Å². The highest BCUT2D eigenvalue weighted by molar-refractivity contribution is 5.94. The van der Waals surface area contributed by atoms with E-state index in [0.29, 0.717) is 18.5 Å². The van der Waals surface area contributed by atoms with Gasteiger partial charge in [-0.1, -0.05) is 12.1 Å². The summed E-state index contributed by atoms with van der Waals surface area (Å²) in [6.07, 6.45) is 3.03. The van der Waals surface area contributed by atoms with E-state index in [1.54, 1.807) is 0 Å². The van der Waals surface area contributed by atoms with Crippen LogP contribution in [-0.4, -0.2) is 17.4 Å². The molecule has 0 radical (unpaired) electrons. The zero-order valence-electron chi connectivity index (χ0n) is 10.9. The van der Waals surface area contributed by atoms with Crippen molar-refractivity contribution in [1.29, 1.82) is 0 Å². The fraction of sp³-hybridized carbons (Fsp3) is 0.250. The maximum Gasteiger partial charge on any atom is 0.181 e. The molecule has 0 saturated carbocycles. The highest BCUT2D eigenvalue weighted by Crippen LogP contribution is 2.26. The maximum atomic E-state index is 12.7. The molecule has 0 N–H and O–H groups in total. The molecule has 0 spiro atoms. The number of pyridine rings is 1. The fourth-order valence-electron chi connectivity index (χ4n) is 2.32. The van der Waals surface area contributed by atoms with Crippen molar-refractivity contribution in [2.24, 2.45) is 0 Å². The van der Waals surface area contributed by atoms with Crippen molar-refractivity contribution in [2.75, 3.05) is 6.61 Å². The minimum atomic E-state index is -0.430. The molecule has 1 aliphatic rings. The smallest absolute Gasteiger partial charge is 0.181 e. The monoisotopic (exact) mass is 271 g/mol. The van der Waals surface area contributed by atoms with Crippen LogP contribution in [0.1, 0.15) is 28.0 Å². The summed E-state index contributed by atoms with van der Waals surface area (Å²) in [7, 11) is 0. The summed E-state index contributed by atoms with van der Waals surface area (Å²) in [6, 6.07) is 8.71. The number of halogens is 1. The van der Waals surface area contributed by atoms with Crippen molar-refractivity contribution >= 4 is 5.78 Å². The predicted octanol–water partition coefficient (Wildman–Crippen LogP) is 2.97. The topological polar surface area (TPSA) is 39.2 Å². The van der Waals surface area contributed by atoms with Crippen LogP contribution < -0.4 is 4.74 Å². The third kappa shape index (κ3) is 2.69. The van der Waals surface area contributed by atoms with Gasteiger partial charge in [-0.15, -0.1) is 0 Å². The predicted molar refractivity (Wildman–Crippen MR) is 72.5 cm³/mol. The van der Waals surface area contributed by atoms with E-state index >= 15 is 0 Å². The lowest BCUT2D eigenvalue weighted by Crippen LogP contribution is -2.04. The number of aromatic nitrogens is 1. The first-order valence-electron chi connectivity index (χ1n) is 6.62. The van der Waals surface area contributed by atoms with Crippen molar-refractivity contribution < 1.29 is 13.9 Å². The molecule has 0 bridgehead atoms. The molecule has 20 heavy (non-hydrogen) atoms. The van der Waals surface area contributed by atoms with Gasteiger partial charge in [0.2, 0.25) is 0 Å². The van der Waals surface area contributed by atoms with E-state index in [0.717, 1.165) is 30.5 Å².